The van der Waals surface area contributed by atoms with Gasteiger partial charge in [-0.1, -0.05) is 24.3 Å². The van der Waals surface area contributed by atoms with Gasteiger partial charge in [0.1, 0.15) is 5.82 Å². The van der Waals surface area contributed by atoms with Gasteiger partial charge in [0.2, 0.25) is 0 Å². The zero-order chi connectivity index (χ0) is 13.2. The summed E-state index contributed by atoms with van der Waals surface area (Å²) in [6.45, 7) is 2.01. The molecule has 0 saturated heterocycles. The number of rotatable bonds is 3. The van der Waals surface area contributed by atoms with Crippen LogP contribution in [0.1, 0.15) is 41.9 Å². The van der Waals surface area contributed by atoms with Gasteiger partial charge in [-0.15, -0.1) is 0 Å². The second kappa shape index (κ2) is 5.10. The summed E-state index contributed by atoms with van der Waals surface area (Å²) < 4.78 is 0. The van der Waals surface area contributed by atoms with Gasteiger partial charge in [-0.3, -0.25) is 0 Å². The lowest BCUT2D eigenvalue weighted by Gasteiger charge is -2.12. The quantitative estimate of drug-likeness (QED) is 0.914. The lowest BCUT2D eigenvalue weighted by Crippen LogP contribution is -2.19. The average Bonchev–Trinajstić information content (AvgIpc) is 2.82. The fourth-order valence-electron chi connectivity index (χ4n) is 2.85. The molecule has 3 rings (SSSR count). The molecule has 2 aromatic rings. The first kappa shape index (κ1) is 12.3. The fraction of sp³-hybridized carbons (Fsp3) is 0.375. The first-order chi connectivity index (χ1) is 9.24. The van der Waals surface area contributed by atoms with Crippen LogP contribution in [0.5, 0.6) is 0 Å². The van der Waals surface area contributed by atoms with Crippen molar-refractivity contribution in [2.75, 3.05) is 0 Å². The number of hydrogen-bond donors (Lipinski definition) is 1. The van der Waals surface area contributed by atoms with Gasteiger partial charge in [0, 0.05) is 30.3 Å². The van der Waals surface area contributed by atoms with Crippen LogP contribution in [0.2, 0.25) is 0 Å². The van der Waals surface area contributed by atoms with E-state index in [1.165, 1.54) is 11.1 Å². The number of nitrogens with zero attached hydrogens (tertiary/aromatic N) is 2. The van der Waals surface area contributed by atoms with E-state index < -0.39 is 0 Å². The number of nitrogens with two attached hydrogens (primary N) is 1. The molecule has 3 heteroatoms. The van der Waals surface area contributed by atoms with Gasteiger partial charge in [0.25, 0.3) is 0 Å². The highest BCUT2D eigenvalue weighted by Gasteiger charge is 2.25. The molecular formula is C16H19N3. The Labute approximate surface area is 113 Å². The minimum atomic E-state index is 0.138. The summed E-state index contributed by atoms with van der Waals surface area (Å²) in [7, 11) is 0. The third kappa shape index (κ3) is 2.51. The molecule has 0 fully saturated rings. The summed E-state index contributed by atoms with van der Waals surface area (Å²) in [5.74, 6) is 1.30. The van der Waals surface area contributed by atoms with Crippen LogP contribution >= 0.6 is 0 Å². The summed E-state index contributed by atoms with van der Waals surface area (Å²) in [4.78, 5) is 9.18. The van der Waals surface area contributed by atoms with E-state index in [-0.39, 0.29) is 6.04 Å². The van der Waals surface area contributed by atoms with E-state index in [0.29, 0.717) is 5.92 Å². The molecule has 0 amide bonds. The molecule has 0 bridgehead atoms. The topological polar surface area (TPSA) is 51.8 Å². The summed E-state index contributed by atoms with van der Waals surface area (Å²) in [5, 5.41) is 0. The van der Waals surface area contributed by atoms with Crippen LogP contribution in [0, 0.1) is 0 Å². The third-order valence-corrected chi connectivity index (χ3v) is 3.71. The van der Waals surface area contributed by atoms with Crippen LogP contribution in [0.4, 0.5) is 0 Å². The van der Waals surface area contributed by atoms with Gasteiger partial charge in [0.15, 0.2) is 0 Å². The minimum Gasteiger partial charge on any atom is -0.328 e. The Morgan fingerprint density at radius 2 is 2.16 bits per heavy atom. The molecule has 1 aliphatic rings. The van der Waals surface area contributed by atoms with Gasteiger partial charge in [-0.25, -0.2) is 9.97 Å². The summed E-state index contributed by atoms with van der Waals surface area (Å²) in [5.41, 5.74) is 9.72. The van der Waals surface area contributed by atoms with Crippen molar-refractivity contribution in [1.29, 1.82) is 0 Å². The first-order valence-corrected chi connectivity index (χ1v) is 6.89. The van der Waals surface area contributed by atoms with Crippen LogP contribution in [0.25, 0.3) is 0 Å². The molecule has 2 atom stereocenters. The molecule has 1 heterocycles. The van der Waals surface area contributed by atoms with E-state index in [1.54, 1.807) is 0 Å². The Balaban J connectivity index is 1.91. The van der Waals surface area contributed by atoms with Gasteiger partial charge >= 0.3 is 0 Å². The Bertz CT molecular complexity index is 578. The highest BCUT2D eigenvalue weighted by Crippen LogP contribution is 2.36. The zero-order valence-electron chi connectivity index (χ0n) is 11.2. The van der Waals surface area contributed by atoms with E-state index in [9.17, 15) is 0 Å². The molecule has 0 radical (unpaired) electrons. The van der Waals surface area contributed by atoms with Gasteiger partial charge < -0.3 is 5.73 Å². The number of benzene rings is 1. The Morgan fingerprint density at radius 3 is 3.00 bits per heavy atom. The van der Waals surface area contributed by atoms with Crippen molar-refractivity contribution < 1.29 is 0 Å². The normalized spacial score (nSPS) is 19.2. The number of hydrogen-bond acceptors (Lipinski definition) is 3. The molecule has 1 aliphatic carbocycles. The van der Waals surface area contributed by atoms with Crippen LogP contribution in [-0.2, 0) is 12.8 Å². The number of aromatic nitrogens is 2. The van der Waals surface area contributed by atoms with E-state index in [1.807, 2.05) is 19.2 Å². The van der Waals surface area contributed by atoms with E-state index in [4.69, 9.17) is 10.7 Å². The maximum absolute atomic E-state index is 5.84. The Morgan fingerprint density at radius 1 is 1.32 bits per heavy atom. The molecule has 3 nitrogen and oxygen atoms in total. The highest BCUT2D eigenvalue weighted by atomic mass is 14.9. The van der Waals surface area contributed by atoms with Crippen molar-refractivity contribution in [3.05, 3.63) is 59.2 Å². The van der Waals surface area contributed by atoms with Crippen molar-refractivity contribution >= 4 is 0 Å². The second-order valence-electron chi connectivity index (χ2n) is 5.38. The van der Waals surface area contributed by atoms with Crippen LogP contribution in [-0.4, -0.2) is 16.0 Å². The second-order valence-corrected chi connectivity index (χ2v) is 5.38. The SMILES string of the molecule is CC(N)Cc1ccnc(C2CCc3ccccc32)n1. The van der Waals surface area contributed by atoms with Gasteiger partial charge in [-0.2, -0.15) is 0 Å². The summed E-state index contributed by atoms with van der Waals surface area (Å²) in [6.07, 6.45) is 4.91. The van der Waals surface area contributed by atoms with Gasteiger partial charge in [0.05, 0.1) is 0 Å². The third-order valence-electron chi connectivity index (χ3n) is 3.71. The molecular weight excluding hydrogens is 234 g/mol. The van der Waals surface area contributed by atoms with Crippen LogP contribution in [0.3, 0.4) is 0 Å². The maximum atomic E-state index is 5.84. The molecule has 1 aromatic carbocycles. The van der Waals surface area contributed by atoms with Crippen molar-refractivity contribution in [2.24, 2.45) is 5.73 Å². The molecule has 19 heavy (non-hydrogen) atoms. The standard InChI is InChI=1S/C16H19N3/c1-11(17)10-13-8-9-18-16(19-13)15-7-6-12-4-2-3-5-14(12)15/h2-5,8-9,11,15H,6-7,10,17H2,1H3. The summed E-state index contributed by atoms with van der Waals surface area (Å²) >= 11 is 0. The number of fused-ring (bicyclic) bond motifs is 1. The average molecular weight is 253 g/mol. The molecule has 0 saturated carbocycles. The summed E-state index contributed by atoms with van der Waals surface area (Å²) in [6, 6.07) is 10.7. The molecule has 1 aromatic heterocycles. The Kier molecular flexibility index (Phi) is 3.30. The van der Waals surface area contributed by atoms with Gasteiger partial charge in [-0.05, 0) is 37.0 Å². The van der Waals surface area contributed by atoms with E-state index in [2.05, 4.69) is 29.2 Å². The minimum absolute atomic E-state index is 0.138. The predicted molar refractivity (Wildman–Crippen MR) is 76.0 cm³/mol. The van der Waals surface area contributed by atoms with Crippen molar-refractivity contribution in [3.8, 4) is 0 Å². The molecule has 0 spiro atoms. The van der Waals surface area contributed by atoms with Crippen molar-refractivity contribution in [3.63, 3.8) is 0 Å². The van der Waals surface area contributed by atoms with Crippen LogP contribution in [0.15, 0.2) is 36.5 Å². The predicted octanol–water partition coefficient (Wildman–Crippen LogP) is 2.44. The lowest BCUT2D eigenvalue weighted by molar-refractivity contribution is 0.685. The number of aryl methyl sites for hydroxylation is 1. The maximum Gasteiger partial charge on any atom is 0.135 e. The van der Waals surface area contributed by atoms with E-state index in [0.717, 1.165) is 30.8 Å². The molecule has 2 N–H and O–H groups in total. The fourth-order valence-corrected chi connectivity index (χ4v) is 2.85. The molecule has 2 unspecified atom stereocenters. The molecule has 0 aliphatic heterocycles. The van der Waals surface area contributed by atoms with Crippen LogP contribution < -0.4 is 5.73 Å². The van der Waals surface area contributed by atoms with E-state index >= 15 is 0 Å². The lowest BCUT2D eigenvalue weighted by atomic mass is 10.0. The molecule has 98 valence electrons. The smallest absolute Gasteiger partial charge is 0.135 e. The zero-order valence-corrected chi connectivity index (χ0v) is 11.2. The highest BCUT2D eigenvalue weighted by molar-refractivity contribution is 5.38. The first-order valence-electron chi connectivity index (χ1n) is 6.89. The monoisotopic (exact) mass is 253 g/mol. The largest absolute Gasteiger partial charge is 0.328 e. The Hall–Kier alpha value is -1.74. The van der Waals surface area contributed by atoms with Crippen molar-refractivity contribution in [2.45, 2.75) is 38.1 Å². The van der Waals surface area contributed by atoms with Crippen molar-refractivity contribution in [1.82, 2.24) is 9.97 Å².